The molecule has 1 amide bonds. The van der Waals surface area contributed by atoms with Gasteiger partial charge >= 0.3 is 0 Å². The lowest BCUT2D eigenvalue weighted by Crippen LogP contribution is -2.31. The maximum Gasteiger partial charge on any atom is 0.244 e. The van der Waals surface area contributed by atoms with Crippen LogP contribution in [0.5, 0.6) is 5.75 Å². The number of hydrogen-bond acceptors (Lipinski definition) is 3. The number of rotatable bonds is 6. The minimum Gasteiger partial charge on any atom is -0.493 e. The molecule has 1 saturated carbocycles. The lowest BCUT2D eigenvalue weighted by atomic mass is 9.96. The van der Waals surface area contributed by atoms with Crippen molar-refractivity contribution in [3.63, 3.8) is 0 Å². The minimum atomic E-state index is -0.0336. The SMILES string of the molecule is CCOc1cc2occ(-c3ccc(C)cc3C)c2cc1/C(C)=C/C(=O)NC1CCCC1. The predicted molar refractivity (Wildman–Crippen MR) is 126 cm³/mol. The van der Waals surface area contributed by atoms with Crippen molar-refractivity contribution in [1.82, 2.24) is 5.32 Å². The molecule has 2 aromatic carbocycles. The van der Waals surface area contributed by atoms with Crippen LogP contribution in [0.1, 0.15) is 56.2 Å². The van der Waals surface area contributed by atoms with Gasteiger partial charge in [0, 0.05) is 34.7 Å². The molecule has 31 heavy (non-hydrogen) atoms. The van der Waals surface area contributed by atoms with Gasteiger partial charge in [0.1, 0.15) is 11.3 Å². The Kier molecular flexibility index (Phi) is 6.17. The maximum atomic E-state index is 12.6. The van der Waals surface area contributed by atoms with E-state index in [-0.39, 0.29) is 5.91 Å². The first kappa shape index (κ1) is 21.2. The first-order chi connectivity index (χ1) is 15.0. The average molecular weight is 418 g/mol. The number of benzene rings is 2. The van der Waals surface area contributed by atoms with Gasteiger partial charge in [-0.3, -0.25) is 4.79 Å². The Balaban J connectivity index is 1.74. The zero-order valence-corrected chi connectivity index (χ0v) is 18.9. The zero-order valence-electron chi connectivity index (χ0n) is 18.9. The van der Waals surface area contributed by atoms with Crippen molar-refractivity contribution in [2.45, 2.75) is 59.4 Å². The summed E-state index contributed by atoms with van der Waals surface area (Å²) >= 11 is 0. The summed E-state index contributed by atoms with van der Waals surface area (Å²) in [7, 11) is 0. The number of ether oxygens (including phenoxy) is 1. The highest BCUT2D eigenvalue weighted by Gasteiger charge is 2.18. The van der Waals surface area contributed by atoms with Crippen LogP contribution in [0.25, 0.3) is 27.7 Å². The highest BCUT2D eigenvalue weighted by molar-refractivity contribution is 6.00. The summed E-state index contributed by atoms with van der Waals surface area (Å²) in [6.07, 6.45) is 8.04. The van der Waals surface area contributed by atoms with E-state index in [4.69, 9.17) is 9.15 Å². The van der Waals surface area contributed by atoms with Gasteiger partial charge in [-0.25, -0.2) is 0 Å². The Morgan fingerprint density at radius 3 is 2.65 bits per heavy atom. The molecule has 4 nitrogen and oxygen atoms in total. The summed E-state index contributed by atoms with van der Waals surface area (Å²) in [4.78, 5) is 12.6. The second kappa shape index (κ2) is 9.01. The Bertz CT molecular complexity index is 1130. The van der Waals surface area contributed by atoms with Gasteiger partial charge in [0.05, 0.1) is 12.9 Å². The Morgan fingerprint density at radius 2 is 1.94 bits per heavy atom. The third-order valence-corrected chi connectivity index (χ3v) is 6.12. The standard InChI is InChI=1S/C27H31NO3/c1-5-30-25-15-26-23(24(16-31-26)21-11-10-17(2)12-18(21)3)14-22(25)19(4)13-27(29)28-20-8-6-7-9-20/h10-16,20H,5-9H2,1-4H3,(H,28,29)/b19-13+. The van der Waals surface area contributed by atoms with Gasteiger partial charge in [0.2, 0.25) is 5.91 Å². The smallest absolute Gasteiger partial charge is 0.244 e. The van der Waals surface area contributed by atoms with E-state index in [1.165, 1.54) is 24.0 Å². The number of nitrogens with one attached hydrogen (secondary N) is 1. The van der Waals surface area contributed by atoms with E-state index < -0.39 is 0 Å². The molecule has 0 unspecified atom stereocenters. The number of aryl methyl sites for hydroxylation is 2. The fourth-order valence-electron chi connectivity index (χ4n) is 4.55. The van der Waals surface area contributed by atoms with E-state index in [1.807, 2.05) is 26.2 Å². The molecule has 0 radical (unpaired) electrons. The van der Waals surface area contributed by atoms with Crippen LogP contribution in [0.4, 0.5) is 0 Å². The molecule has 3 aromatic rings. The molecule has 0 aliphatic heterocycles. The molecule has 0 bridgehead atoms. The molecule has 0 atom stereocenters. The van der Waals surface area contributed by atoms with E-state index >= 15 is 0 Å². The Hall–Kier alpha value is -3.01. The van der Waals surface area contributed by atoms with Gasteiger partial charge in [-0.15, -0.1) is 0 Å². The summed E-state index contributed by atoms with van der Waals surface area (Å²) < 4.78 is 11.8. The lowest BCUT2D eigenvalue weighted by molar-refractivity contribution is -0.117. The molecule has 4 heteroatoms. The Morgan fingerprint density at radius 1 is 1.16 bits per heavy atom. The van der Waals surface area contributed by atoms with E-state index in [0.717, 1.165) is 51.8 Å². The number of amides is 1. The maximum absolute atomic E-state index is 12.6. The van der Waals surface area contributed by atoms with E-state index in [9.17, 15) is 4.79 Å². The van der Waals surface area contributed by atoms with Crippen LogP contribution >= 0.6 is 0 Å². The fourth-order valence-corrected chi connectivity index (χ4v) is 4.55. The molecule has 0 saturated heterocycles. The molecule has 162 valence electrons. The van der Waals surface area contributed by atoms with Crippen LogP contribution in [-0.4, -0.2) is 18.6 Å². The van der Waals surface area contributed by atoms with Crippen LogP contribution in [-0.2, 0) is 4.79 Å². The summed E-state index contributed by atoms with van der Waals surface area (Å²) in [6, 6.07) is 10.8. The molecule has 4 rings (SSSR count). The van der Waals surface area contributed by atoms with Gasteiger partial charge in [0.15, 0.2) is 0 Å². The topological polar surface area (TPSA) is 51.5 Å². The number of hydrogen-bond donors (Lipinski definition) is 1. The summed E-state index contributed by atoms with van der Waals surface area (Å²) in [5, 5.41) is 4.16. The molecular formula is C27H31NO3. The molecule has 1 aromatic heterocycles. The first-order valence-electron chi connectivity index (χ1n) is 11.2. The third kappa shape index (κ3) is 4.53. The van der Waals surface area contributed by atoms with Gasteiger partial charge in [-0.2, -0.15) is 0 Å². The second-order valence-electron chi connectivity index (χ2n) is 8.56. The molecular weight excluding hydrogens is 386 g/mol. The van der Waals surface area contributed by atoms with Crippen molar-refractivity contribution < 1.29 is 13.9 Å². The van der Waals surface area contributed by atoms with E-state index in [1.54, 1.807) is 6.08 Å². The monoisotopic (exact) mass is 417 g/mol. The second-order valence-corrected chi connectivity index (χ2v) is 8.56. The number of allylic oxidation sites excluding steroid dienone is 1. The van der Waals surface area contributed by atoms with Crippen molar-refractivity contribution in [3.05, 3.63) is 59.4 Å². The minimum absolute atomic E-state index is 0.0336. The molecule has 1 fully saturated rings. The van der Waals surface area contributed by atoms with Gasteiger partial charge in [0.25, 0.3) is 0 Å². The number of fused-ring (bicyclic) bond motifs is 1. The van der Waals surface area contributed by atoms with Gasteiger partial charge < -0.3 is 14.5 Å². The van der Waals surface area contributed by atoms with Crippen molar-refractivity contribution in [2.24, 2.45) is 0 Å². The van der Waals surface area contributed by atoms with Crippen LogP contribution in [0.2, 0.25) is 0 Å². The fraction of sp³-hybridized carbons (Fsp3) is 0.370. The Labute approximate surface area is 184 Å². The predicted octanol–water partition coefficient (Wildman–Crippen LogP) is 6.58. The number of carbonyl (C=O) groups is 1. The van der Waals surface area contributed by atoms with Crippen LogP contribution in [0, 0.1) is 13.8 Å². The first-order valence-corrected chi connectivity index (χ1v) is 11.2. The molecule has 1 heterocycles. The highest BCUT2D eigenvalue weighted by atomic mass is 16.5. The van der Waals surface area contributed by atoms with Crippen molar-refractivity contribution in [2.75, 3.05) is 6.61 Å². The molecule has 1 N–H and O–H groups in total. The van der Waals surface area contributed by atoms with Crippen molar-refractivity contribution >= 4 is 22.4 Å². The average Bonchev–Trinajstić information content (AvgIpc) is 3.37. The van der Waals surface area contributed by atoms with Crippen LogP contribution in [0.15, 0.2) is 47.1 Å². The van der Waals surface area contributed by atoms with Crippen LogP contribution < -0.4 is 10.1 Å². The van der Waals surface area contributed by atoms with Crippen molar-refractivity contribution in [1.29, 1.82) is 0 Å². The normalized spacial score (nSPS) is 14.9. The largest absolute Gasteiger partial charge is 0.493 e. The highest BCUT2D eigenvalue weighted by Crippen LogP contribution is 2.38. The van der Waals surface area contributed by atoms with Crippen LogP contribution in [0.3, 0.4) is 0 Å². The van der Waals surface area contributed by atoms with E-state index in [0.29, 0.717) is 12.6 Å². The summed E-state index contributed by atoms with van der Waals surface area (Å²) in [6.45, 7) is 8.69. The zero-order chi connectivity index (χ0) is 22.0. The van der Waals surface area contributed by atoms with Gasteiger partial charge in [-0.1, -0.05) is 36.6 Å². The summed E-state index contributed by atoms with van der Waals surface area (Å²) in [5.41, 5.74) is 7.24. The lowest BCUT2D eigenvalue weighted by Gasteiger charge is -2.13. The molecule has 1 aliphatic carbocycles. The molecule has 1 aliphatic rings. The van der Waals surface area contributed by atoms with Crippen molar-refractivity contribution in [3.8, 4) is 16.9 Å². The summed E-state index contributed by atoms with van der Waals surface area (Å²) in [5.74, 6) is 0.702. The molecule has 0 spiro atoms. The third-order valence-electron chi connectivity index (χ3n) is 6.12. The number of carbonyl (C=O) groups excluding carboxylic acids is 1. The number of furan rings is 1. The van der Waals surface area contributed by atoms with Gasteiger partial charge in [-0.05, 0) is 63.3 Å². The quantitative estimate of drug-likeness (QED) is 0.461. The van der Waals surface area contributed by atoms with E-state index in [2.05, 4.69) is 43.4 Å².